The van der Waals surface area contributed by atoms with Crippen molar-refractivity contribution in [2.75, 3.05) is 25.7 Å². The standard InChI is InChI=1S/C31H30N6O4/c1-19(37-30(38)25-7-5-6-8-26(25)31(37)39)17-36(22-11-23(40-3)14-24(12-22)41-4)21-9-10-27-28(13-21)34-29(16-32-27)20-15-33-35(2)18-20/h5-16,18-19,30,38H,17H2,1-4H3. The van der Waals surface area contributed by atoms with Crippen molar-refractivity contribution in [1.82, 2.24) is 24.6 Å². The zero-order valence-corrected chi connectivity index (χ0v) is 23.2. The lowest BCUT2D eigenvalue weighted by atomic mass is 10.1. The van der Waals surface area contributed by atoms with E-state index in [0.717, 1.165) is 22.5 Å². The summed E-state index contributed by atoms with van der Waals surface area (Å²) < 4.78 is 12.8. The predicted molar refractivity (Wildman–Crippen MR) is 155 cm³/mol. The average molecular weight is 551 g/mol. The molecule has 0 aliphatic carbocycles. The zero-order chi connectivity index (χ0) is 28.7. The Morgan fingerprint density at radius 2 is 1.73 bits per heavy atom. The SMILES string of the molecule is COc1cc(OC)cc(N(CC(C)N2C(=O)c3ccccc3C2O)c2ccc3ncc(-c4cnn(C)c4)nc3c2)c1. The summed E-state index contributed by atoms with van der Waals surface area (Å²) in [5, 5.41) is 15.4. The van der Waals surface area contributed by atoms with Crippen LogP contribution in [-0.2, 0) is 7.05 Å². The first-order valence-electron chi connectivity index (χ1n) is 13.2. The Labute approximate surface area is 237 Å². The maximum Gasteiger partial charge on any atom is 0.256 e. The number of ether oxygens (including phenoxy) is 2. The highest BCUT2D eigenvalue weighted by Crippen LogP contribution is 2.37. The number of anilines is 2. The number of rotatable bonds is 8. The second-order valence-electron chi connectivity index (χ2n) is 10.0. The van der Waals surface area contributed by atoms with Gasteiger partial charge in [0, 0.05) is 72.1 Å². The molecule has 1 N–H and O–H groups in total. The molecule has 2 unspecified atom stereocenters. The Morgan fingerprint density at radius 3 is 2.41 bits per heavy atom. The highest BCUT2D eigenvalue weighted by molar-refractivity contribution is 5.99. The Hall–Kier alpha value is -4.96. The molecule has 41 heavy (non-hydrogen) atoms. The number of benzene rings is 3. The van der Waals surface area contributed by atoms with Crippen LogP contribution in [0.15, 0.2) is 79.3 Å². The van der Waals surface area contributed by atoms with Gasteiger partial charge in [0.05, 0.1) is 43.3 Å². The minimum absolute atomic E-state index is 0.200. The highest BCUT2D eigenvalue weighted by Gasteiger charge is 2.38. The Balaban J connectivity index is 1.42. The van der Waals surface area contributed by atoms with Gasteiger partial charge in [-0.05, 0) is 31.2 Å². The quantitative estimate of drug-likeness (QED) is 0.296. The van der Waals surface area contributed by atoms with Crippen LogP contribution in [0.2, 0.25) is 0 Å². The zero-order valence-electron chi connectivity index (χ0n) is 23.2. The van der Waals surface area contributed by atoms with E-state index in [1.807, 2.05) is 68.7 Å². The molecule has 2 aromatic heterocycles. The molecular weight excluding hydrogens is 520 g/mol. The van der Waals surface area contributed by atoms with E-state index in [-0.39, 0.29) is 11.9 Å². The van der Waals surface area contributed by atoms with Gasteiger partial charge < -0.3 is 24.4 Å². The van der Waals surface area contributed by atoms with E-state index in [1.165, 1.54) is 4.90 Å². The van der Waals surface area contributed by atoms with Gasteiger partial charge in [0.15, 0.2) is 6.23 Å². The number of amides is 1. The van der Waals surface area contributed by atoms with Gasteiger partial charge in [-0.15, -0.1) is 0 Å². The number of aliphatic hydroxyl groups is 1. The maximum atomic E-state index is 13.3. The predicted octanol–water partition coefficient (Wildman–Crippen LogP) is 4.72. The van der Waals surface area contributed by atoms with Crippen molar-refractivity contribution in [3.05, 3.63) is 90.4 Å². The number of nitrogens with zero attached hydrogens (tertiary/aromatic N) is 6. The fraction of sp³-hybridized carbons (Fsp3) is 0.226. The molecule has 0 bridgehead atoms. The van der Waals surface area contributed by atoms with Crippen molar-refractivity contribution in [2.45, 2.75) is 19.2 Å². The van der Waals surface area contributed by atoms with E-state index in [1.54, 1.807) is 43.4 Å². The van der Waals surface area contributed by atoms with Crippen LogP contribution in [0.3, 0.4) is 0 Å². The number of carbonyl (C=O) groups is 1. The van der Waals surface area contributed by atoms with Crippen LogP contribution in [0.5, 0.6) is 11.5 Å². The summed E-state index contributed by atoms with van der Waals surface area (Å²) in [6.45, 7) is 2.30. The number of hydrogen-bond donors (Lipinski definition) is 1. The molecule has 5 aromatic rings. The molecule has 1 aliphatic rings. The normalized spacial score (nSPS) is 15.2. The van der Waals surface area contributed by atoms with Crippen LogP contribution in [-0.4, -0.2) is 62.5 Å². The summed E-state index contributed by atoms with van der Waals surface area (Å²) in [6.07, 6.45) is 4.36. The summed E-state index contributed by atoms with van der Waals surface area (Å²) in [5.74, 6) is 1.05. The van der Waals surface area contributed by atoms with Gasteiger partial charge in [-0.1, -0.05) is 18.2 Å². The molecule has 3 aromatic carbocycles. The Morgan fingerprint density at radius 1 is 0.976 bits per heavy atom. The van der Waals surface area contributed by atoms with E-state index >= 15 is 0 Å². The molecule has 0 fully saturated rings. The number of carbonyl (C=O) groups excluding carboxylic acids is 1. The van der Waals surface area contributed by atoms with Crippen molar-refractivity contribution >= 4 is 28.3 Å². The van der Waals surface area contributed by atoms with Crippen LogP contribution < -0.4 is 14.4 Å². The molecule has 0 saturated carbocycles. The Kier molecular flexibility index (Phi) is 6.76. The molecule has 10 heteroatoms. The van der Waals surface area contributed by atoms with Gasteiger partial charge in [0.25, 0.3) is 5.91 Å². The number of aromatic nitrogens is 4. The van der Waals surface area contributed by atoms with Crippen LogP contribution in [0.1, 0.15) is 29.1 Å². The van der Waals surface area contributed by atoms with Gasteiger partial charge in [-0.3, -0.25) is 14.5 Å². The number of hydrogen-bond acceptors (Lipinski definition) is 8. The minimum atomic E-state index is -1.03. The first-order chi connectivity index (χ1) is 19.9. The van der Waals surface area contributed by atoms with Gasteiger partial charge in [-0.2, -0.15) is 5.10 Å². The molecule has 208 valence electrons. The first-order valence-corrected chi connectivity index (χ1v) is 13.2. The van der Waals surface area contributed by atoms with E-state index in [2.05, 4.69) is 15.0 Å². The second-order valence-corrected chi connectivity index (χ2v) is 10.0. The molecular formula is C31H30N6O4. The fourth-order valence-corrected chi connectivity index (χ4v) is 5.28. The molecule has 6 rings (SSSR count). The summed E-state index contributed by atoms with van der Waals surface area (Å²) in [7, 11) is 5.07. The van der Waals surface area contributed by atoms with E-state index in [0.29, 0.717) is 40.4 Å². The van der Waals surface area contributed by atoms with E-state index < -0.39 is 6.23 Å². The molecule has 1 amide bonds. The third kappa shape index (κ3) is 4.82. The lowest BCUT2D eigenvalue weighted by molar-refractivity contribution is 0.00196. The van der Waals surface area contributed by atoms with Crippen molar-refractivity contribution in [3.63, 3.8) is 0 Å². The van der Waals surface area contributed by atoms with Gasteiger partial charge >= 0.3 is 0 Å². The summed E-state index contributed by atoms with van der Waals surface area (Å²) >= 11 is 0. The van der Waals surface area contributed by atoms with Crippen molar-refractivity contribution in [2.24, 2.45) is 7.05 Å². The molecule has 0 spiro atoms. The smallest absolute Gasteiger partial charge is 0.256 e. The molecule has 3 heterocycles. The molecule has 2 atom stereocenters. The van der Waals surface area contributed by atoms with E-state index in [4.69, 9.17) is 14.5 Å². The summed E-state index contributed by atoms with van der Waals surface area (Å²) in [5.41, 5.74) is 5.80. The second kappa shape index (κ2) is 10.5. The summed E-state index contributed by atoms with van der Waals surface area (Å²) in [4.78, 5) is 26.4. The van der Waals surface area contributed by atoms with Crippen LogP contribution in [0.4, 0.5) is 11.4 Å². The number of aliphatic hydroxyl groups excluding tert-OH is 1. The number of methoxy groups -OCH3 is 2. The van der Waals surface area contributed by atoms with Gasteiger partial charge in [0.1, 0.15) is 11.5 Å². The van der Waals surface area contributed by atoms with Crippen LogP contribution in [0.25, 0.3) is 22.3 Å². The van der Waals surface area contributed by atoms with Gasteiger partial charge in [-0.25, -0.2) is 4.98 Å². The van der Waals surface area contributed by atoms with Crippen LogP contribution in [0, 0.1) is 0 Å². The third-order valence-corrected chi connectivity index (χ3v) is 7.38. The first kappa shape index (κ1) is 26.3. The lowest BCUT2D eigenvalue weighted by Gasteiger charge is -2.34. The molecule has 10 nitrogen and oxygen atoms in total. The largest absolute Gasteiger partial charge is 0.497 e. The molecule has 0 radical (unpaired) electrons. The molecule has 1 aliphatic heterocycles. The monoisotopic (exact) mass is 550 g/mol. The molecule has 0 saturated heterocycles. The number of aryl methyl sites for hydroxylation is 1. The topological polar surface area (TPSA) is 106 Å². The van der Waals surface area contributed by atoms with Crippen LogP contribution >= 0.6 is 0 Å². The van der Waals surface area contributed by atoms with Gasteiger partial charge in [0.2, 0.25) is 0 Å². The van der Waals surface area contributed by atoms with Crippen molar-refractivity contribution in [3.8, 4) is 22.8 Å². The van der Waals surface area contributed by atoms with Crippen molar-refractivity contribution < 1.29 is 19.4 Å². The maximum absolute atomic E-state index is 13.3. The number of fused-ring (bicyclic) bond motifs is 2. The highest BCUT2D eigenvalue weighted by atomic mass is 16.5. The lowest BCUT2D eigenvalue weighted by Crippen LogP contribution is -2.43. The fourth-order valence-electron chi connectivity index (χ4n) is 5.28. The van der Waals surface area contributed by atoms with Crippen molar-refractivity contribution in [1.29, 1.82) is 0 Å². The Bertz CT molecular complexity index is 1730. The summed E-state index contributed by atoms with van der Waals surface area (Å²) in [6, 6.07) is 18.3. The third-order valence-electron chi connectivity index (χ3n) is 7.38. The van der Waals surface area contributed by atoms with E-state index in [9.17, 15) is 9.90 Å². The average Bonchev–Trinajstić information content (AvgIpc) is 3.55. The minimum Gasteiger partial charge on any atom is -0.497 e.